The minimum Gasteiger partial charge on any atom is -0.459 e. The number of amides is 3. The molecule has 1 aromatic heterocycles. The van der Waals surface area contributed by atoms with Crippen LogP contribution in [-0.2, 0) is 11.3 Å². The molecule has 6 nitrogen and oxygen atoms in total. The Morgan fingerprint density at radius 3 is 2.59 bits per heavy atom. The number of carbonyl (C=O) groups is 2. The molecule has 1 fully saturated rings. The predicted molar refractivity (Wildman–Crippen MR) is 126 cm³/mol. The van der Waals surface area contributed by atoms with Crippen molar-refractivity contribution >= 4 is 29.2 Å². The van der Waals surface area contributed by atoms with Gasteiger partial charge in [-0.1, -0.05) is 54.1 Å². The smallest absolute Gasteiger partial charge is 0.322 e. The number of nitrogens with zero attached hydrogens (tertiary/aromatic N) is 2. The van der Waals surface area contributed by atoms with Crippen LogP contribution in [0.4, 0.5) is 10.5 Å². The van der Waals surface area contributed by atoms with Gasteiger partial charge in [0.25, 0.3) is 0 Å². The third-order valence-electron chi connectivity index (χ3n) is 5.73. The molecule has 166 valence electrons. The molecule has 4 rings (SSSR count). The number of hydrogen-bond donors (Lipinski definition) is 1. The van der Waals surface area contributed by atoms with Crippen molar-refractivity contribution in [2.75, 3.05) is 18.9 Å². The van der Waals surface area contributed by atoms with Gasteiger partial charge in [0.1, 0.15) is 17.6 Å². The molecule has 1 aliphatic rings. The van der Waals surface area contributed by atoms with Crippen LogP contribution in [-0.4, -0.2) is 41.4 Å². The number of hydrogen-bond acceptors (Lipinski definition) is 3. The molecule has 0 aliphatic carbocycles. The van der Waals surface area contributed by atoms with E-state index >= 15 is 0 Å². The first-order chi connectivity index (χ1) is 15.4. The summed E-state index contributed by atoms with van der Waals surface area (Å²) < 4.78 is 5.83. The van der Waals surface area contributed by atoms with Crippen molar-refractivity contribution in [2.45, 2.75) is 32.4 Å². The van der Waals surface area contributed by atoms with Gasteiger partial charge in [0.05, 0.1) is 5.69 Å². The van der Waals surface area contributed by atoms with Gasteiger partial charge in [0.15, 0.2) is 0 Å². The zero-order valence-corrected chi connectivity index (χ0v) is 18.9. The second kappa shape index (κ2) is 9.49. The molecule has 2 aromatic carbocycles. The summed E-state index contributed by atoms with van der Waals surface area (Å²) in [4.78, 5) is 29.4. The summed E-state index contributed by atoms with van der Waals surface area (Å²) in [6.45, 7) is 2.82. The van der Waals surface area contributed by atoms with Gasteiger partial charge in [-0.2, -0.15) is 0 Å². The molecular formula is C25H26ClN3O3. The van der Waals surface area contributed by atoms with Crippen molar-refractivity contribution in [1.82, 2.24) is 9.80 Å². The summed E-state index contributed by atoms with van der Waals surface area (Å²) in [6, 6.07) is 18.2. The van der Waals surface area contributed by atoms with Crippen molar-refractivity contribution < 1.29 is 14.0 Å². The number of aryl methyl sites for hydroxylation is 1. The fourth-order valence-electron chi connectivity index (χ4n) is 4.00. The highest BCUT2D eigenvalue weighted by molar-refractivity contribution is 6.30. The van der Waals surface area contributed by atoms with Gasteiger partial charge < -0.3 is 19.5 Å². The number of benzene rings is 2. The number of anilines is 1. The number of likely N-dealkylation sites (N-methyl/N-ethyl adjacent to an activating group) is 1. The fourth-order valence-corrected chi connectivity index (χ4v) is 4.13. The topological polar surface area (TPSA) is 65.8 Å². The van der Waals surface area contributed by atoms with E-state index in [2.05, 4.69) is 5.32 Å². The molecule has 0 spiro atoms. The zero-order chi connectivity index (χ0) is 22.7. The molecule has 1 atom stereocenters. The van der Waals surface area contributed by atoms with Gasteiger partial charge in [0.2, 0.25) is 5.91 Å². The van der Waals surface area contributed by atoms with E-state index in [0.29, 0.717) is 41.7 Å². The molecule has 32 heavy (non-hydrogen) atoms. The number of furan rings is 1. The zero-order valence-electron chi connectivity index (χ0n) is 18.2. The van der Waals surface area contributed by atoms with Crippen LogP contribution < -0.4 is 5.32 Å². The van der Waals surface area contributed by atoms with Gasteiger partial charge in [-0.15, -0.1) is 0 Å². The first kappa shape index (κ1) is 22.0. The third-order valence-corrected chi connectivity index (χ3v) is 5.98. The minimum atomic E-state index is -0.479. The lowest BCUT2D eigenvalue weighted by Gasteiger charge is -2.28. The Bertz CT molecular complexity index is 1100. The van der Waals surface area contributed by atoms with Crippen LogP contribution in [0.15, 0.2) is 65.1 Å². The number of likely N-dealkylation sites (tertiary alicyclic amines) is 1. The maximum atomic E-state index is 13.1. The molecule has 3 aromatic rings. The molecule has 0 saturated carbocycles. The van der Waals surface area contributed by atoms with E-state index in [0.717, 1.165) is 17.5 Å². The molecular weight excluding hydrogens is 426 g/mol. The molecule has 2 heterocycles. The Morgan fingerprint density at radius 2 is 1.88 bits per heavy atom. The average molecular weight is 452 g/mol. The molecule has 0 radical (unpaired) electrons. The molecule has 1 saturated heterocycles. The van der Waals surface area contributed by atoms with E-state index in [-0.39, 0.29) is 11.9 Å². The average Bonchev–Trinajstić information content (AvgIpc) is 3.43. The Hall–Kier alpha value is -3.25. The fraction of sp³-hybridized carbons (Fsp3) is 0.280. The summed E-state index contributed by atoms with van der Waals surface area (Å²) in [5.74, 6) is 1.25. The molecule has 1 aliphatic heterocycles. The first-order valence-electron chi connectivity index (χ1n) is 10.7. The monoisotopic (exact) mass is 451 g/mol. The second-order valence-corrected chi connectivity index (χ2v) is 8.49. The predicted octanol–water partition coefficient (Wildman–Crippen LogP) is 5.56. The minimum absolute atomic E-state index is 0.0681. The normalized spacial score (nSPS) is 15.6. The van der Waals surface area contributed by atoms with Crippen LogP contribution in [0.25, 0.3) is 11.3 Å². The summed E-state index contributed by atoms with van der Waals surface area (Å²) in [7, 11) is 1.76. The molecule has 7 heteroatoms. The van der Waals surface area contributed by atoms with Crippen LogP contribution in [0, 0.1) is 6.92 Å². The van der Waals surface area contributed by atoms with E-state index in [1.54, 1.807) is 16.8 Å². The van der Waals surface area contributed by atoms with E-state index < -0.39 is 6.04 Å². The quantitative estimate of drug-likeness (QED) is 0.552. The van der Waals surface area contributed by atoms with E-state index in [1.165, 1.54) is 0 Å². The van der Waals surface area contributed by atoms with E-state index in [4.69, 9.17) is 16.0 Å². The molecule has 3 amide bonds. The van der Waals surface area contributed by atoms with Crippen LogP contribution >= 0.6 is 11.6 Å². The highest BCUT2D eigenvalue weighted by Crippen LogP contribution is 2.29. The highest BCUT2D eigenvalue weighted by Gasteiger charge is 2.36. The lowest BCUT2D eigenvalue weighted by molar-refractivity contribution is -0.134. The summed E-state index contributed by atoms with van der Waals surface area (Å²) in [5.41, 5.74) is 2.54. The number of nitrogens with one attached hydrogen (secondary N) is 1. The van der Waals surface area contributed by atoms with Crippen molar-refractivity contribution in [3.63, 3.8) is 0 Å². The Balaban J connectivity index is 1.43. The Labute approximate surface area is 192 Å². The second-order valence-electron chi connectivity index (χ2n) is 8.05. The summed E-state index contributed by atoms with van der Waals surface area (Å²) >= 11 is 5.94. The van der Waals surface area contributed by atoms with Crippen LogP contribution in [0.2, 0.25) is 5.02 Å². The van der Waals surface area contributed by atoms with Gasteiger partial charge >= 0.3 is 6.03 Å². The number of urea groups is 1. The van der Waals surface area contributed by atoms with Gasteiger partial charge in [-0.05, 0) is 37.5 Å². The van der Waals surface area contributed by atoms with Crippen molar-refractivity contribution in [1.29, 1.82) is 0 Å². The van der Waals surface area contributed by atoms with Crippen molar-refractivity contribution in [2.24, 2.45) is 0 Å². The van der Waals surface area contributed by atoms with Crippen LogP contribution in [0.3, 0.4) is 0 Å². The SMILES string of the molecule is Cc1oc(-c2ccccc2)cc1NC(=O)N1CCC[C@@H]1C(=O)N(C)Cc1ccc(Cl)cc1. The summed E-state index contributed by atoms with van der Waals surface area (Å²) in [5, 5.41) is 3.59. The van der Waals surface area contributed by atoms with Crippen LogP contribution in [0.5, 0.6) is 0 Å². The highest BCUT2D eigenvalue weighted by atomic mass is 35.5. The number of rotatable bonds is 5. The first-order valence-corrected chi connectivity index (χ1v) is 11.0. The Kier molecular flexibility index (Phi) is 6.51. The maximum Gasteiger partial charge on any atom is 0.322 e. The maximum absolute atomic E-state index is 13.1. The Morgan fingerprint density at radius 1 is 1.16 bits per heavy atom. The lowest BCUT2D eigenvalue weighted by atomic mass is 10.1. The third kappa shape index (κ3) is 4.81. The molecule has 0 unspecified atom stereocenters. The number of carbonyl (C=O) groups excluding carboxylic acids is 2. The van der Waals surface area contributed by atoms with E-state index in [9.17, 15) is 9.59 Å². The van der Waals surface area contributed by atoms with Crippen LogP contribution in [0.1, 0.15) is 24.2 Å². The molecule has 0 bridgehead atoms. The number of halogens is 1. The molecule has 1 N–H and O–H groups in total. The van der Waals surface area contributed by atoms with Gasteiger partial charge in [-0.25, -0.2) is 4.79 Å². The summed E-state index contributed by atoms with van der Waals surface area (Å²) in [6.07, 6.45) is 1.44. The van der Waals surface area contributed by atoms with Gasteiger partial charge in [0, 0.05) is 36.8 Å². The van der Waals surface area contributed by atoms with Crippen molar-refractivity contribution in [3.8, 4) is 11.3 Å². The van der Waals surface area contributed by atoms with Crippen molar-refractivity contribution in [3.05, 3.63) is 77.0 Å². The van der Waals surface area contributed by atoms with E-state index in [1.807, 2.05) is 67.6 Å². The van der Waals surface area contributed by atoms with Gasteiger partial charge in [-0.3, -0.25) is 4.79 Å². The largest absolute Gasteiger partial charge is 0.459 e. The lowest BCUT2D eigenvalue weighted by Crippen LogP contribution is -2.47. The standard InChI is InChI=1S/C25H26ClN3O3/c1-17-21(15-23(32-17)19-7-4-3-5-8-19)27-25(31)29-14-6-9-22(29)24(30)28(2)16-18-10-12-20(26)13-11-18/h3-5,7-8,10-13,15,22H,6,9,14,16H2,1-2H3,(H,27,31)/t22-/m1/s1.